The van der Waals surface area contributed by atoms with E-state index in [0.29, 0.717) is 5.92 Å². The molecule has 0 saturated carbocycles. The Bertz CT molecular complexity index is 336. The molecule has 2 heteroatoms. The van der Waals surface area contributed by atoms with Gasteiger partial charge < -0.3 is 4.79 Å². The van der Waals surface area contributed by atoms with Crippen LogP contribution in [0.1, 0.15) is 18.9 Å². The summed E-state index contributed by atoms with van der Waals surface area (Å²) in [7, 11) is 0. The van der Waals surface area contributed by atoms with E-state index in [-0.39, 0.29) is 5.92 Å². The van der Waals surface area contributed by atoms with Gasteiger partial charge in [0.2, 0.25) is 0 Å². The Balaban J connectivity index is 1.91. The lowest BCUT2D eigenvalue weighted by atomic mass is 9.88. The zero-order valence-electron chi connectivity index (χ0n) is 9.80. The number of nitrogens with zero attached hydrogens (tertiary/aromatic N) is 1. The number of hydrogen-bond donors (Lipinski definition) is 0. The molecule has 1 saturated heterocycles. The van der Waals surface area contributed by atoms with Crippen molar-refractivity contribution in [2.75, 3.05) is 13.1 Å². The van der Waals surface area contributed by atoms with E-state index in [2.05, 4.69) is 36.1 Å². The zero-order chi connectivity index (χ0) is 11.4. The summed E-state index contributed by atoms with van der Waals surface area (Å²) in [6.45, 7) is 5.27. The highest BCUT2D eigenvalue weighted by atomic mass is 16.1. The zero-order valence-corrected chi connectivity index (χ0v) is 9.80. The molecule has 1 aromatic carbocycles. The van der Waals surface area contributed by atoms with Gasteiger partial charge in [0.25, 0.3) is 0 Å². The largest absolute Gasteiger partial charge is 0.303 e. The smallest absolute Gasteiger partial charge is 0.123 e. The van der Waals surface area contributed by atoms with Crippen LogP contribution in [0.2, 0.25) is 0 Å². The molecule has 0 amide bonds. The van der Waals surface area contributed by atoms with E-state index in [9.17, 15) is 4.79 Å². The first-order valence-electron chi connectivity index (χ1n) is 6.01. The van der Waals surface area contributed by atoms with Crippen LogP contribution >= 0.6 is 0 Å². The molecule has 2 rings (SSSR count). The average molecular weight is 217 g/mol. The second-order valence-electron chi connectivity index (χ2n) is 4.79. The predicted molar refractivity (Wildman–Crippen MR) is 65.1 cm³/mol. The van der Waals surface area contributed by atoms with Crippen LogP contribution < -0.4 is 0 Å². The van der Waals surface area contributed by atoms with E-state index in [1.807, 2.05) is 6.07 Å². The number of carbonyl (C=O) groups is 1. The number of hydrogen-bond acceptors (Lipinski definition) is 2. The van der Waals surface area contributed by atoms with Gasteiger partial charge in [-0.15, -0.1) is 0 Å². The van der Waals surface area contributed by atoms with E-state index in [1.54, 1.807) is 0 Å². The van der Waals surface area contributed by atoms with E-state index >= 15 is 0 Å². The Labute approximate surface area is 97.3 Å². The molecule has 1 aromatic rings. The normalized spacial score (nSPS) is 26.6. The van der Waals surface area contributed by atoms with Gasteiger partial charge in [0.1, 0.15) is 6.29 Å². The minimum Gasteiger partial charge on any atom is -0.303 e. The van der Waals surface area contributed by atoms with Crippen LogP contribution in [-0.4, -0.2) is 24.3 Å². The second kappa shape index (κ2) is 5.26. The van der Waals surface area contributed by atoms with Gasteiger partial charge in [-0.25, -0.2) is 0 Å². The molecule has 0 radical (unpaired) electrons. The fourth-order valence-electron chi connectivity index (χ4n) is 2.44. The molecule has 1 heterocycles. The van der Waals surface area contributed by atoms with Crippen molar-refractivity contribution in [3.05, 3.63) is 35.9 Å². The number of piperidine rings is 1. The van der Waals surface area contributed by atoms with Gasteiger partial charge in [-0.2, -0.15) is 0 Å². The number of carbonyl (C=O) groups excluding carboxylic acids is 1. The van der Waals surface area contributed by atoms with Crippen LogP contribution in [0.4, 0.5) is 0 Å². The third-order valence-corrected chi connectivity index (χ3v) is 3.48. The van der Waals surface area contributed by atoms with Crippen LogP contribution in [0, 0.1) is 11.8 Å². The van der Waals surface area contributed by atoms with E-state index in [4.69, 9.17) is 0 Å². The van der Waals surface area contributed by atoms with Crippen molar-refractivity contribution in [2.24, 2.45) is 11.8 Å². The minimum absolute atomic E-state index is 0.270. The fraction of sp³-hybridized carbons (Fsp3) is 0.500. The Morgan fingerprint density at radius 2 is 2.12 bits per heavy atom. The molecule has 16 heavy (non-hydrogen) atoms. The SMILES string of the molecule is C[C@H]1CN(Cc2ccccc2)CC[C@@H]1C=O. The first kappa shape index (κ1) is 11.3. The summed E-state index contributed by atoms with van der Waals surface area (Å²) in [6.07, 6.45) is 2.14. The topological polar surface area (TPSA) is 20.3 Å². The van der Waals surface area contributed by atoms with Crippen LogP contribution in [0.25, 0.3) is 0 Å². The summed E-state index contributed by atoms with van der Waals surface area (Å²) in [5, 5.41) is 0. The lowest BCUT2D eigenvalue weighted by Crippen LogP contribution is -2.39. The number of aldehydes is 1. The van der Waals surface area contributed by atoms with Crippen molar-refractivity contribution in [3.8, 4) is 0 Å². The average Bonchev–Trinajstić information content (AvgIpc) is 2.31. The Morgan fingerprint density at radius 3 is 2.75 bits per heavy atom. The molecule has 86 valence electrons. The summed E-state index contributed by atoms with van der Waals surface area (Å²) in [4.78, 5) is 13.3. The lowest BCUT2D eigenvalue weighted by molar-refractivity contribution is -0.114. The van der Waals surface area contributed by atoms with Crippen molar-refractivity contribution >= 4 is 6.29 Å². The third kappa shape index (κ3) is 2.70. The molecule has 2 nitrogen and oxygen atoms in total. The molecule has 0 N–H and O–H groups in total. The van der Waals surface area contributed by atoms with Crippen LogP contribution in [0.3, 0.4) is 0 Å². The molecule has 1 aliphatic heterocycles. The Kier molecular flexibility index (Phi) is 3.73. The Hall–Kier alpha value is -1.15. The van der Waals surface area contributed by atoms with Gasteiger partial charge in [-0.1, -0.05) is 37.3 Å². The number of benzene rings is 1. The van der Waals surface area contributed by atoms with Gasteiger partial charge in [0.15, 0.2) is 0 Å². The first-order chi connectivity index (χ1) is 7.79. The van der Waals surface area contributed by atoms with Crippen molar-refractivity contribution in [1.82, 2.24) is 4.90 Å². The molecule has 0 unspecified atom stereocenters. The quantitative estimate of drug-likeness (QED) is 0.724. The van der Waals surface area contributed by atoms with Crippen molar-refractivity contribution in [1.29, 1.82) is 0 Å². The maximum atomic E-state index is 10.8. The fourth-order valence-corrected chi connectivity index (χ4v) is 2.44. The maximum Gasteiger partial charge on any atom is 0.123 e. The number of rotatable bonds is 3. The number of likely N-dealkylation sites (tertiary alicyclic amines) is 1. The molecule has 0 bridgehead atoms. The monoisotopic (exact) mass is 217 g/mol. The highest BCUT2D eigenvalue weighted by Gasteiger charge is 2.25. The summed E-state index contributed by atoms with van der Waals surface area (Å²) in [6, 6.07) is 10.5. The highest BCUT2D eigenvalue weighted by Crippen LogP contribution is 2.22. The molecule has 1 aliphatic rings. The van der Waals surface area contributed by atoms with Crippen molar-refractivity contribution in [3.63, 3.8) is 0 Å². The van der Waals surface area contributed by atoms with E-state index in [1.165, 1.54) is 5.56 Å². The molecular weight excluding hydrogens is 198 g/mol. The second-order valence-corrected chi connectivity index (χ2v) is 4.79. The van der Waals surface area contributed by atoms with Crippen LogP contribution in [0.15, 0.2) is 30.3 Å². The van der Waals surface area contributed by atoms with Crippen molar-refractivity contribution < 1.29 is 4.79 Å². The molecule has 2 atom stereocenters. The minimum atomic E-state index is 0.270. The highest BCUT2D eigenvalue weighted by molar-refractivity contribution is 5.54. The predicted octanol–water partition coefficient (Wildman–Crippen LogP) is 2.34. The lowest BCUT2D eigenvalue weighted by Gasteiger charge is -2.34. The van der Waals surface area contributed by atoms with E-state index in [0.717, 1.165) is 32.3 Å². The van der Waals surface area contributed by atoms with Crippen LogP contribution in [0.5, 0.6) is 0 Å². The standard InChI is InChI=1S/C14H19NO/c1-12-9-15(8-7-14(12)11-16)10-13-5-3-2-4-6-13/h2-6,11-12,14H,7-10H2,1H3/t12-,14+/m0/s1. The van der Waals surface area contributed by atoms with Gasteiger partial charge in [0, 0.05) is 19.0 Å². The molecule has 0 aliphatic carbocycles. The van der Waals surface area contributed by atoms with Gasteiger partial charge in [-0.05, 0) is 24.4 Å². The summed E-state index contributed by atoms with van der Waals surface area (Å²) in [5.41, 5.74) is 1.36. The third-order valence-electron chi connectivity index (χ3n) is 3.48. The van der Waals surface area contributed by atoms with Crippen molar-refractivity contribution in [2.45, 2.75) is 19.9 Å². The summed E-state index contributed by atoms with van der Waals surface area (Å²) >= 11 is 0. The summed E-state index contributed by atoms with van der Waals surface area (Å²) in [5.74, 6) is 0.766. The summed E-state index contributed by atoms with van der Waals surface area (Å²) < 4.78 is 0. The molecule has 0 aromatic heterocycles. The van der Waals surface area contributed by atoms with E-state index < -0.39 is 0 Å². The van der Waals surface area contributed by atoms with Gasteiger partial charge in [0.05, 0.1) is 0 Å². The maximum absolute atomic E-state index is 10.8. The van der Waals surface area contributed by atoms with Gasteiger partial charge >= 0.3 is 0 Å². The molecular formula is C14H19NO. The first-order valence-corrected chi connectivity index (χ1v) is 6.01. The van der Waals surface area contributed by atoms with Gasteiger partial charge in [-0.3, -0.25) is 4.90 Å². The molecule has 1 fully saturated rings. The molecule has 0 spiro atoms. The van der Waals surface area contributed by atoms with Crippen LogP contribution in [-0.2, 0) is 11.3 Å². The Morgan fingerprint density at radius 1 is 1.38 bits per heavy atom.